The molecule has 4 rings (SSSR count). The van der Waals surface area contributed by atoms with Gasteiger partial charge in [-0.1, -0.05) is 36.4 Å². The van der Waals surface area contributed by atoms with Crippen molar-refractivity contribution in [2.75, 3.05) is 18.9 Å². The molecule has 0 radical (unpaired) electrons. The number of pyridine rings is 1. The zero-order valence-electron chi connectivity index (χ0n) is 16.3. The number of carbonyl (C=O) groups excluding carboxylic acids is 1. The van der Waals surface area contributed by atoms with E-state index in [-0.39, 0.29) is 5.91 Å². The molecule has 146 valence electrons. The molecule has 0 saturated carbocycles. The van der Waals surface area contributed by atoms with E-state index in [0.29, 0.717) is 6.42 Å². The molecule has 2 aromatic carbocycles. The lowest BCUT2D eigenvalue weighted by atomic mass is 10.0. The number of hydrogen-bond donors (Lipinski definition) is 2. The largest absolute Gasteiger partial charge is 0.326 e. The van der Waals surface area contributed by atoms with Gasteiger partial charge < -0.3 is 10.6 Å². The maximum Gasteiger partial charge on any atom is 0.228 e. The molecule has 0 atom stereocenters. The number of anilines is 1. The van der Waals surface area contributed by atoms with Crippen LogP contribution in [-0.4, -0.2) is 34.1 Å². The molecule has 6 nitrogen and oxygen atoms in total. The number of hydrogen-bond acceptors (Lipinski definition) is 4. The first-order chi connectivity index (χ1) is 14.2. The second-order valence-electron chi connectivity index (χ2n) is 6.95. The van der Waals surface area contributed by atoms with Crippen molar-refractivity contribution in [2.24, 2.45) is 0 Å². The van der Waals surface area contributed by atoms with Gasteiger partial charge >= 0.3 is 0 Å². The molecule has 4 aromatic rings. The van der Waals surface area contributed by atoms with Crippen LogP contribution in [0.3, 0.4) is 0 Å². The van der Waals surface area contributed by atoms with Crippen molar-refractivity contribution >= 4 is 17.2 Å². The highest BCUT2D eigenvalue weighted by Crippen LogP contribution is 2.21. The smallest absolute Gasteiger partial charge is 0.228 e. The van der Waals surface area contributed by atoms with Gasteiger partial charge in [-0.05, 0) is 66.5 Å². The summed E-state index contributed by atoms with van der Waals surface area (Å²) in [6, 6.07) is 20.0. The van der Waals surface area contributed by atoms with E-state index < -0.39 is 0 Å². The normalized spacial score (nSPS) is 10.9. The van der Waals surface area contributed by atoms with Gasteiger partial charge in [-0.2, -0.15) is 5.10 Å². The van der Waals surface area contributed by atoms with Crippen LogP contribution in [0.2, 0.25) is 0 Å². The van der Waals surface area contributed by atoms with Crippen LogP contribution in [0.4, 0.5) is 5.69 Å². The van der Waals surface area contributed by atoms with Crippen molar-refractivity contribution in [3.8, 4) is 11.1 Å². The van der Waals surface area contributed by atoms with Crippen molar-refractivity contribution in [1.29, 1.82) is 0 Å². The highest BCUT2D eigenvalue weighted by Gasteiger charge is 2.06. The molecule has 6 heteroatoms. The van der Waals surface area contributed by atoms with Gasteiger partial charge in [-0.3, -0.25) is 4.79 Å². The minimum absolute atomic E-state index is 0.0200. The Kier molecular flexibility index (Phi) is 5.63. The maximum absolute atomic E-state index is 12.4. The number of nitrogens with one attached hydrogen (secondary N) is 2. The van der Waals surface area contributed by atoms with Gasteiger partial charge in [0.05, 0.1) is 6.42 Å². The zero-order chi connectivity index (χ0) is 20.1. The van der Waals surface area contributed by atoms with Crippen LogP contribution in [0.25, 0.3) is 16.8 Å². The minimum Gasteiger partial charge on any atom is -0.326 e. The van der Waals surface area contributed by atoms with Crippen molar-refractivity contribution in [2.45, 2.75) is 12.8 Å². The monoisotopic (exact) mass is 385 g/mol. The second-order valence-corrected chi connectivity index (χ2v) is 6.95. The molecule has 0 aliphatic carbocycles. The first kappa shape index (κ1) is 18.8. The zero-order valence-corrected chi connectivity index (χ0v) is 16.3. The quantitative estimate of drug-likeness (QED) is 0.512. The third-order valence-electron chi connectivity index (χ3n) is 4.81. The SMILES string of the molecule is CNCCc1cccc(NC(=O)Cc2ccc(-c3ccn4ncnc4c3)cc2)c1. The molecule has 0 bridgehead atoms. The van der Waals surface area contributed by atoms with E-state index in [4.69, 9.17) is 0 Å². The van der Waals surface area contributed by atoms with Gasteiger partial charge in [-0.25, -0.2) is 9.50 Å². The summed E-state index contributed by atoms with van der Waals surface area (Å²) in [6.07, 6.45) is 4.70. The van der Waals surface area contributed by atoms with Crippen LogP contribution in [0.15, 0.2) is 73.2 Å². The van der Waals surface area contributed by atoms with Crippen molar-refractivity contribution in [3.05, 3.63) is 84.3 Å². The van der Waals surface area contributed by atoms with E-state index >= 15 is 0 Å². The van der Waals surface area contributed by atoms with Crippen molar-refractivity contribution in [1.82, 2.24) is 19.9 Å². The molecule has 0 saturated heterocycles. The summed E-state index contributed by atoms with van der Waals surface area (Å²) in [5.74, 6) is -0.0200. The Morgan fingerprint density at radius 3 is 2.69 bits per heavy atom. The van der Waals surface area contributed by atoms with Gasteiger partial charge in [-0.15, -0.1) is 0 Å². The van der Waals surface area contributed by atoms with E-state index in [1.807, 2.05) is 67.8 Å². The molecule has 0 aliphatic heterocycles. The Morgan fingerprint density at radius 2 is 1.86 bits per heavy atom. The molecule has 0 aliphatic rings. The van der Waals surface area contributed by atoms with E-state index in [0.717, 1.165) is 41.0 Å². The van der Waals surface area contributed by atoms with E-state index in [2.05, 4.69) is 26.8 Å². The molecule has 1 amide bonds. The molecule has 0 unspecified atom stereocenters. The standard InChI is InChI=1S/C23H23N5O/c1-24-11-9-17-3-2-4-21(13-17)27-23(29)14-18-5-7-19(8-6-18)20-10-12-28-22(15-20)25-16-26-28/h2-8,10,12-13,15-16,24H,9,11,14H2,1H3,(H,27,29). The lowest BCUT2D eigenvalue weighted by Crippen LogP contribution is -2.15. The van der Waals surface area contributed by atoms with Crippen LogP contribution in [0.1, 0.15) is 11.1 Å². The van der Waals surface area contributed by atoms with E-state index in [1.54, 1.807) is 4.52 Å². The van der Waals surface area contributed by atoms with Gasteiger partial charge in [0.1, 0.15) is 6.33 Å². The van der Waals surface area contributed by atoms with Crippen molar-refractivity contribution in [3.63, 3.8) is 0 Å². The van der Waals surface area contributed by atoms with Gasteiger partial charge in [0.25, 0.3) is 0 Å². The molecule has 29 heavy (non-hydrogen) atoms. The summed E-state index contributed by atoms with van der Waals surface area (Å²) in [5.41, 5.74) is 5.97. The Morgan fingerprint density at radius 1 is 1.00 bits per heavy atom. The third kappa shape index (κ3) is 4.67. The molecule has 2 aromatic heterocycles. The molecule has 2 N–H and O–H groups in total. The number of likely N-dealkylation sites (N-methyl/N-ethyl adjacent to an activating group) is 1. The highest BCUT2D eigenvalue weighted by atomic mass is 16.1. The predicted octanol–water partition coefficient (Wildman–Crippen LogP) is 3.34. The summed E-state index contributed by atoms with van der Waals surface area (Å²) in [5, 5.41) is 10.2. The fourth-order valence-corrected chi connectivity index (χ4v) is 3.27. The average Bonchev–Trinajstić information content (AvgIpc) is 3.21. The Labute approximate surface area is 169 Å². The summed E-state index contributed by atoms with van der Waals surface area (Å²) in [4.78, 5) is 16.7. The summed E-state index contributed by atoms with van der Waals surface area (Å²) in [6.45, 7) is 0.910. The lowest BCUT2D eigenvalue weighted by Gasteiger charge is -2.08. The molecule has 0 spiro atoms. The summed E-state index contributed by atoms with van der Waals surface area (Å²) in [7, 11) is 1.93. The van der Waals surface area contributed by atoms with Crippen molar-refractivity contribution < 1.29 is 4.79 Å². The fourth-order valence-electron chi connectivity index (χ4n) is 3.27. The molecular formula is C23H23N5O. The van der Waals surface area contributed by atoms with Gasteiger partial charge in [0.15, 0.2) is 5.65 Å². The lowest BCUT2D eigenvalue weighted by molar-refractivity contribution is -0.115. The predicted molar refractivity (Wildman–Crippen MR) is 115 cm³/mol. The first-order valence-corrected chi connectivity index (χ1v) is 9.63. The number of aromatic nitrogens is 3. The van der Waals surface area contributed by atoms with Crippen LogP contribution < -0.4 is 10.6 Å². The van der Waals surface area contributed by atoms with Gasteiger partial charge in [0, 0.05) is 11.9 Å². The van der Waals surface area contributed by atoms with Crippen LogP contribution in [0.5, 0.6) is 0 Å². The highest BCUT2D eigenvalue weighted by molar-refractivity contribution is 5.92. The molecule has 2 heterocycles. The second kappa shape index (κ2) is 8.67. The minimum atomic E-state index is -0.0200. The molecular weight excluding hydrogens is 362 g/mol. The van der Waals surface area contributed by atoms with Crippen LogP contribution in [-0.2, 0) is 17.6 Å². The number of carbonyl (C=O) groups is 1. The first-order valence-electron chi connectivity index (χ1n) is 9.63. The number of benzene rings is 2. The van der Waals surface area contributed by atoms with Gasteiger partial charge in [0.2, 0.25) is 5.91 Å². The Balaban J connectivity index is 1.40. The number of amides is 1. The van der Waals surface area contributed by atoms with Crippen LogP contribution >= 0.6 is 0 Å². The summed E-state index contributed by atoms with van der Waals surface area (Å²) < 4.78 is 1.73. The number of rotatable bonds is 7. The third-order valence-corrected chi connectivity index (χ3v) is 4.81. The Bertz CT molecular complexity index is 1120. The average molecular weight is 385 g/mol. The number of nitrogens with zero attached hydrogens (tertiary/aromatic N) is 3. The molecule has 0 fully saturated rings. The maximum atomic E-state index is 12.4. The summed E-state index contributed by atoms with van der Waals surface area (Å²) >= 11 is 0. The van der Waals surface area contributed by atoms with Crippen LogP contribution in [0, 0.1) is 0 Å². The fraction of sp³-hybridized carbons (Fsp3) is 0.174. The Hall–Kier alpha value is -3.51. The number of fused-ring (bicyclic) bond motifs is 1. The van der Waals surface area contributed by atoms with E-state index in [1.165, 1.54) is 11.9 Å². The topological polar surface area (TPSA) is 71.3 Å². The van der Waals surface area contributed by atoms with E-state index in [9.17, 15) is 4.79 Å².